The minimum Gasteiger partial charge on any atom is -0.496 e. The van der Waals surface area contributed by atoms with Gasteiger partial charge in [0.15, 0.2) is 0 Å². The van der Waals surface area contributed by atoms with Crippen molar-refractivity contribution in [1.82, 2.24) is 5.32 Å². The van der Waals surface area contributed by atoms with Gasteiger partial charge in [-0.25, -0.2) is 0 Å². The van der Waals surface area contributed by atoms with Gasteiger partial charge in [0.05, 0.1) is 23.8 Å². The largest absolute Gasteiger partial charge is 0.496 e. The zero-order valence-electron chi connectivity index (χ0n) is 10.9. The number of amides is 1. The van der Waals surface area contributed by atoms with E-state index in [-0.39, 0.29) is 12.0 Å². The summed E-state index contributed by atoms with van der Waals surface area (Å²) in [5, 5.41) is 12.7. The Balaban J connectivity index is 2.73. The second kappa shape index (κ2) is 7.91. The first-order chi connectivity index (χ1) is 8.99. The molecule has 0 spiro atoms. The van der Waals surface area contributed by atoms with Gasteiger partial charge in [-0.1, -0.05) is 18.5 Å². The average Bonchev–Trinajstić information content (AvgIpc) is 2.40. The molecule has 1 amide bonds. The van der Waals surface area contributed by atoms with Gasteiger partial charge in [0.2, 0.25) is 0 Å². The molecule has 1 aromatic carbocycles. The van der Waals surface area contributed by atoms with Crippen molar-refractivity contribution < 1.29 is 14.6 Å². The molecule has 0 aliphatic carbocycles. The van der Waals surface area contributed by atoms with E-state index < -0.39 is 0 Å². The van der Waals surface area contributed by atoms with E-state index in [0.717, 1.165) is 3.57 Å². The molecule has 0 fully saturated rings. The molecule has 0 heterocycles. The average molecular weight is 398 g/mol. The first-order valence-corrected chi connectivity index (χ1v) is 7.44. The Bertz CT molecular complexity index is 454. The van der Waals surface area contributed by atoms with Gasteiger partial charge in [0.1, 0.15) is 5.75 Å². The van der Waals surface area contributed by atoms with Gasteiger partial charge < -0.3 is 15.2 Å². The summed E-state index contributed by atoms with van der Waals surface area (Å²) in [7, 11) is 1.51. The molecular formula is C13H17ClINO3. The smallest absolute Gasteiger partial charge is 0.255 e. The van der Waals surface area contributed by atoms with E-state index in [9.17, 15) is 9.90 Å². The standard InChI is InChI=1S/C13H17ClINO3/c1-3-8(17)4-5-16-13(18)9-6-10(14)11(15)7-12(9)19-2/h6-8,17H,3-5H2,1-2H3,(H,16,18). The lowest BCUT2D eigenvalue weighted by Crippen LogP contribution is -2.27. The number of hydrogen-bond acceptors (Lipinski definition) is 3. The maximum atomic E-state index is 12.0. The van der Waals surface area contributed by atoms with Crippen molar-refractivity contribution in [3.8, 4) is 5.75 Å². The van der Waals surface area contributed by atoms with E-state index in [2.05, 4.69) is 27.9 Å². The summed E-state index contributed by atoms with van der Waals surface area (Å²) in [6, 6.07) is 3.31. The number of benzene rings is 1. The molecule has 1 rings (SSSR count). The van der Waals surface area contributed by atoms with Crippen LogP contribution < -0.4 is 10.1 Å². The maximum Gasteiger partial charge on any atom is 0.255 e. The lowest BCUT2D eigenvalue weighted by atomic mass is 10.1. The lowest BCUT2D eigenvalue weighted by Gasteiger charge is -2.12. The first kappa shape index (κ1) is 16.5. The molecule has 0 saturated carbocycles. The van der Waals surface area contributed by atoms with Crippen LogP contribution in [0.25, 0.3) is 0 Å². The highest BCUT2D eigenvalue weighted by Gasteiger charge is 2.15. The summed E-state index contributed by atoms with van der Waals surface area (Å²) in [6.07, 6.45) is 0.819. The van der Waals surface area contributed by atoms with Crippen LogP contribution in [0.2, 0.25) is 5.02 Å². The zero-order valence-corrected chi connectivity index (χ0v) is 13.8. The molecule has 0 radical (unpaired) electrons. The molecule has 1 unspecified atom stereocenters. The number of hydrogen-bond donors (Lipinski definition) is 2. The summed E-state index contributed by atoms with van der Waals surface area (Å²) in [6.45, 7) is 2.31. The highest BCUT2D eigenvalue weighted by Crippen LogP contribution is 2.28. The second-order valence-electron chi connectivity index (χ2n) is 4.07. The molecule has 1 atom stereocenters. The van der Waals surface area contributed by atoms with Crippen molar-refractivity contribution >= 4 is 40.1 Å². The van der Waals surface area contributed by atoms with Crippen molar-refractivity contribution in [3.05, 3.63) is 26.3 Å². The van der Waals surface area contributed by atoms with E-state index in [1.807, 2.05) is 6.92 Å². The van der Waals surface area contributed by atoms with Gasteiger partial charge in [-0.15, -0.1) is 0 Å². The van der Waals surface area contributed by atoms with Crippen LogP contribution in [0.5, 0.6) is 5.75 Å². The normalized spacial score (nSPS) is 12.1. The summed E-state index contributed by atoms with van der Waals surface area (Å²) in [5.41, 5.74) is 0.402. The maximum absolute atomic E-state index is 12.0. The summed E-state index contributed by atoms with van der Waals surface area (Å²) in [5.74, 6) is 0.237. The topological polar surface area (TPSA) is 58.6 Å². The van der Waals surface area contributed by atoms with E-state index in [1.54, 1.807) is 12.1 Å². The molecule has 2 N–H and O–H groups in total. The molecule has 0 bridgehead atoms. The zero-order chi connectivity index (χ0) is 14.4. The summed E-state index contributed by atoms with van der Waals surface area (Å²) >= 11 is 8.09. The van der Waals surface area contributed by atoms with Crippen LogP contribution in [0.15, 0.2) is 12.1 Å². The molecule has 0 aromatic heterocycles. The number of methoxy groups -OCH3 is 1. The predicted octanol–water partition coefficient (Wildman–Crippen LogP) is 2.84. The number of aliphatic hydroxyl groups is 1. The predicted molar refractivity (Wildman–Crippen MR) is 84.0 cm³/mol. The van der Waals surface area contributed by atoms with Gasteiger partial charge in [0, 0.05) is 10.1 Å². The number of aliphatic hydroxyl groups excluding tert-OH is 1. The number of carbonyl (C=O) groups is 1. The minimum absolute atomic E-state index is 0.251. The van der Waals surface area contributed by atoms with Crippen LogP contribution in [0.4, 0.5) is 0 Å². The highest BCUT2D eigenvalue weighted by molar-refractivity contribution is 14.1. The summed E-state index contributed by atoms with van der Waals surface area (Å²) in [4.78, 5) is 12.0. The van der Waals surface area contributed by atoms with Crippen LogP contribution in [-0.2, 0) is 0 Å². The molecule has 0 aliphatic heterocycles. The molecular weight excluding hydrogens is 381 g/mol. The number of halogens is 2. The fraction of sp³-hybridized carbons (Fsp3) is 0.462. The van der Waals surface area contributed by atoms with E-state index in [4.69, 9.17) is 16.3 Å². The van der Waals surface area contributed by atoms with Crippen molar-refractivity contribution in [2.45, 2.75) is 25.9 Å². The molecule has 0 aliphatic rings. The number of carbonyl (C=O) groups excluding carboxylic acids is 1. The van der Waals surface area contributed by atoms with Gasteiger partial charge in [-0.2, -0.15) is 0 Å². The van der Waals surface area contributed by atoms with Crippen molar-refractivity contribution in [1.29, 1.82) is 0 Å². The second-order valence-corrected chi connectivity index (χ2v) is 5.64. The molecule has 106 valence electrons. The molecule has 1 aromatic rings. The minimum atomic E-state index is -0.387. The fourth-order valence-corrected chi connectivity index (χ4v) is 2.13. The first-order valence-electron chi connectivity index (χ1n) is 5.98. The van der Waals surface area contributed by atoms with E-state index in [0.29, 0.717) is 35.7 Å². The van der Waals surface area contributed by atoms with Crippen LogP contribution >= 0.6 is 34.2 Å². The van der Waals surface area contributed by atoms with Crippen LogP contribution in [0.1, 0.15) is 30.1 Å². The third-order valence-corrected chi connectivity index (χ3v) is 4.25. The Morgan fingerprint density at radius 2 is 2.26 bits per heavy atom. The Kier molecular flexibility index (Phi) is 6.88. The van der Waals surface area contributed by atoms with Crippen molar-refractivity contribution in [3.63, 3.8) is 0 Å². The molecule has 0 saturated heterocycles. The number of nitrogens with one attached hydrogen (secondary N) is 1. The van der Waals surface area contributed by atoms with Crippen LogP contribution in [-0.4, -0.2) is 30.8 Å². The van der Waals surface area contributed by atoms with Crippen LogP contribution in [0, 0.1) is 3.57 Å². The third kappa shape index (κ3) is 4.81. The monoisotopic (exact) mass is 397 g/mol. The Morgan fingerprint density at radius 3 is 2.84 bits per heavy atom. The Morgan fingerprint density at radius 1 is 1.58 bits per heavy atom. The van der Waals surface area contributed by atoms with E-state index >= 15 is 0 Å². The fourth-order valence-electron chi connectivity index (χ4n) is 1.53. The Labute approximate surface area is 131 Å². The van der Waals surface area contributed by atoms with Crippen molar-refractivity contribution in [2.75, 3.05) is 13.7 Å². The third-order valence-electron chi connectivity index (χ3n) is 2.72. The summed E-state index contributed by atoms with van der Waals surface area (Å²) < 4.78 is 6.01. The van der Waals surface area contributed by atoms with Crippen molar-refractivity contribution in [2.24, 2.45) is 0 Å². The SMILES string of the molecule is CCC(O)CCNC(=O)c1cc(Cl)c(I)cc1OC. The Hall–Kier alpha value is -0.530. The quantitative estimate of drug-likeness (QED) is 0.726. The van der Waals surface area contributed by atoms with Gasteiger partial charge in [-0.3, -0.25) is 4.79 Å². The van der Waals surface area contributed by atoms with Gasteiger partial charge in [-0.05, 0) is 47.6 Å². The molecule has 4 nitrogen and oxygen atoms in total. The van der Waals surface area contributed by atoms with E-state index in [1.165, 1.54) is 7.11 Å². The number of rotatable bonds is 6. The number of ether oxygens (including phenoxy) is 1. The highest BCUT2D eigenvalue weighted by atomic mass is 127. The molecule has 19 heavy (non-hydrogen) atoms. The van der Waals surface area contributed by atoms with Gasteiger partial charge >= 0.3 is 0 Å². The lowest BCUT2D eigenvalue weighted by molar-refractivity contribution is 0.0939. The van der Waals surface area contributed by atoms with Gasteiger partial charge in [0.25, 0.3) is 5.91 Å². The van der Waals surface area contributed by atoms with Crippen LogP contribution in [0.3, 0.4) is 0 Å². The molecule has 6 heteroatoms.